The lowest BCUT2D eigenvalue weighted by molar-refractivity contribution is 0.0977. The van der Waals surface area contributed by atoms with Gasteiger partial charge in [0, 0.05) is 23.8 Å². The largest absolute Gasteiger partial charge is 0.378 e. The average Bonchev–Trinajstić information content (AvgIpc) is 2.62. The van der Waals surface area contributed by atoms with Gasteiger partial charge in [-0.1, -0.05) is 15.9 Å². The minimum Gasteiger partial charge on any atom is -0.378 e. The van der Waals surface area contributed by atoms with Crippen molar-refractivity contribution in [2.75, 3.05) is 31.2 Å². The Hall–Kier alpha value is -2.04. The van der Waals surface area contributed by atoms with E-state index in [9.17, 15) is 17.6 Å². The molecule has 1 N–H and O–H groups in total. The van der Waals surface area contributed by atoms with E-state index in [1.807, 2.05) is 9.62 Å². The van der Waals surface area contributed by atoms with Crippen LogP contribution in [0.5, 0.6) is 0 Å². The number of aromatic nitrogens is 1. The molecule has 0 spiro atoms. The molecule has 7 nitrogen and oxygen atoms in total. The SMILES string of the molecule is O=C(NS(=O)(=O)c1ccc(N2CCOCC2)nc1)c1ccc(Br)cc1F. The van der Waals surface area contributed by atoms with Crippen molar-refractivity contribution < 1.29 is 22.3 Å². The van der Waals surface area contributed by atoms with E-state index in [1.165, 1.54) is 24.4 Å². The van der Waals surface area contributed by atoms with Crippen molar-refractivity contribution in [1.82, 2.24) is 9.71 Å². The van der Waals surface area contributed by atoms with Gasteiger partial charge in [0.1, 0.15) is 16.5 Å². The van der Waals surface area contributed by atoms with E-state index in [2.05, 4.69) is 20.9 Å². The Morgan fingerprint density at radius 1 is 1.23 bits per heavy atom. The highest BCUT2D eigenvalue weighted by atomic mass is 79.9. The molecule has 0 saturated carbocycles. The molecular formula is C16H15BrFN3O4S. The molecule has 0 bridgehead atoms. The topological polar surface area (TPSA) is 88.6 Å². The summed E-state index contributed by atoms with van der Waals surface area (Å²) < 4.78 is 46.1. The number of sulfonamides is 1. The molecule has 3 rings (SSSR count). The molecule has 1 fully saturated rings. The first-order chi connectivity index (χ1) is 12.4. The van der Waals surface area contributed by atoms with Gasteiger partial charge in [0.15, 0.2) is 0 Å². The first kappa shape index (κ1) is 18.7. The van der Waals surface area contributed by atoms with Crippen LogP contribution in [0.1, 0.15) is 10.4 Å². The highest BCUT2D eigenvalue weighted by molar-refractivity contribution is 9.10. The van der Waals surface area contributed by atoms with Crippen LogP contribution >= 0.6 is 15.9 Å². The molecule has 1 aliphatic heterocycles. The zero-order valence-electron chi connectivity index (χ0n) is 13.5. The molecule has 2 aromatic rings. The lowest BCUT2D eigenvalue weighted by atomic mass is 10.2. The first-order valence-corrected chi connectivity index (χ1v) is 9.95. The van der Waals surface area contributed by atoms with Gasteiger partial charge in [0.25, 0.3) is 15.9 Å². The lowest BCUT2D eigenvalue weighted by Crippen LogP contribution is -2.36. The second kappa shape index (κ2) is 7.68. The smallest absolute Gasteiger partial charge is 0.267 e. The minimum atomic E-state index is -4.17. The van der Waals surface area contributed by atoms with Gasteiger partial charge in [-0.15, -0.1) is 0 Å². The summed E-state index contributed by atoms with van der Waals surface area (Å²) in [6, 6.07) is 6.64. The maximum atomic E-state index is 13.8. The van der Waals surface area contributed by atoms with Crippen LogP contribution in [0.15, 0.2) is 45.9 Å². The fourth-order valence-electron chi connectivity index (χ4n) is 2.42. The summed E-state index contributed by atoms with van der Waals surface area (Å²) >= 11 is 3.07. The number of rotatable bonds is 4. The highest BCUT2D eigenvalue weighted by Crippen LogP contribution is 2.18. The third-order valence-corrected chi connectivity index (χ3v) is 5.58. The van der Waals surface area contributed by atoms with Crippen LogP contribution in [0.3, 0.4) is 0 Å². The van der Waals surface area contributed by atoms with Gasteiger partial charge in [-0.3, -0.25) is 4.79 Å². The zero-order valence-corrected chi connectivity index (χ0v) is 15.9. The number of pyridine rings is 1. The Morgan fingerprint density at radius 2 is 1.96 bits per heavy atom. The molecule has 2 heterocycles. The van der Waals surface area contributed by atoms with E-state index in [1.54, 1.807) is 6.07 Å². The quantitative estimate of drug-likeness (QED) is 0.776. The normalized spacial score (nSPS) is 14.9. The van der Waals surface area contributed by atoms with Gasteiger partial charge >= 0.3 is 0 Å². The molecule has 138 valence electrons. The van der Waals surface area contributed by atoms with Crippen LogP contribution in [0.25, 0.3) is 0 Å². The molecular weight excluding hydrogens is 429 g/mol. The maximum Gasteiger partial charge on any atom is 0.267 e. The molecule has 1 saturated heterocycles. The number of hydrogen-bond donors (Lipinski definition) is 1. The Bertz CT molecular complexity index is 916. The summed E-state index contributed by atoms with van der Waals surface area (Å²) in [4.78, 5) is 18.0. The summed E-state index contributed by atoms with van der Waals surface area (Å²) in [6.07, 6.45) is 1.17. The highest BCUT2D eigenvalue weighted by Gasteiger charge is 2.22. The molecule has 10 heteroatoms. The van der Waals surface area contributed by atoms with Crippen molar-refractivity contribution in [3.8, 4) is 0 Å². The van der Waals surface area contributed by atoms with Crippen LogP contribution in [0, 0.1) is 5.82 Å². The van der Waals surface area contributed by atoms with Gasteiger partial charge in [-0.05, 0) is 30.3 Å². The number of nitrogens with one attached hydrogen (secondary N) is 1. The summed E-state index contributed by atoms with van der Waals surface area (Å²) in [6.45, 7) is 2.49. The van der Waals surface area contributed by atoms with Crippen molar-refractivity contribution in [2.45, 2.75) is 4.90 Å². The minimum absolute atomic E-state index is 0.180. The van der Waals surface area contributed by atoms with Crippen LogP contribution in [-0.2, 0) is 14.8 Å². The predicted octanol–water partition coefficient (Wildman–Crippen LogP) is 1.94. The van der Waals surface area contributed by atoms with Crippen molar-refractivity contribution in [3.05, 3.63) is 52.4 Å². The summed E-state index contributed by atoms with van der Waals surface area (Å²) in [7, 11) is -4.17. The molecule has 1 aromatic heterocycles. The molecule has 0 unspecified atom stereocenters. The Kier molecular flexibility index (Phi) is 5.54. The van der Waals surface area contributed by atoms with Crippen LogP contribution in [0.2, 0.25) is 0 Å². The fourth-order valence-corrected chi connectivity index (χ4v) is 3.66. The maximum absolute atomic E-state index is 13.8. The molecule has 0 radical (unpaired) electrons. The third-order valence-electron chi connectivity index (χ3n) is 3.77. The van der Waals surface area contributed by atoms with E-state index in [0.717, 1.165) is 6.07 Å². The van der Waals surface area contributed by atoms with Crippen LogP contribution in [0.4, 0.5) is 10.2 Å². The number of benzene rings is 1. The molecule has 0 atom stereocenters. The van der Waals surface area contributed by atoms with Crippen molar-refractivity contribution in [3.63, 3.8) is 0 Å². The standard InChI is InChI=1S/C16H15BrFN3O4S/c17-11-1-3-13(14(18)9-11)16(22)20-26(23,24)12-2-4-15(19-10-12)21-5-7-25-8-6-21/h1-4,9-10H,5-8H2,(H,20,22). The van der Waals surface area contributed by atoms with Crippen molar-refractivity contribution in [1.29, 1.82) is 0 Å². The number of anilines is 1. The third kappa shape index (κ3) is 4.19. The number of morpholine rings is 1. The van der Waals surface area contributed by atoms with Crippen molar-refractivity contribution in [2.24, 2.45) is 0 Å². The molecule has 1 aliphatic rings. The van der Waals surface area contributed by atoms with Gasteiger partial charge in [0.2, 0.25) is 0 Å². The number of nitrogens with zero attached hydrogens (tertiary/aromatic N) is 2. The number of carbonyl (C=O) groups is 1. The zero-order chi connectivity index (χ0) is 18.7. The summed E-state index contributed by atoms with van der Waals surface area (Å²) in [5, 5.41) is 0. The predicted molar refractivity (Wildman–Crippen MR) is 96.0 cm³/mol. The number of halogens is 2. The summed E-state index contributed by atoms with van der Waals surface area (Å²) in [5.41, 5.74) is -0.366. The molecule has 1 amide bonds. The van der Waals surface area contributed by atoms with Gasteiger partial charge in [0.05, 0.1) is 18.8 Å². The number of amides is 1. The first-order valence-electron chi connectivity index (χ1n) is 7.68. The van der Waals surface area contributed by atoms with Gasteiger partial charge in [-0.2, -0.15) is 0 Å². The monoisotopic (exact) mass is 443 g/mol. The van der Waals surface area contributed by atoms with E-state index in [-0.39, 0.29) is 10.5 Å². The van der Waals surface area contributed by atoms with Gasteiger partial charge < -0.3 is 9.64 Å². The van der Waals surface area contributed by atoms with Crippen LogP contribution in [-0.4, -0.2) is 45.6 Å². The molecule has 26 heavy (non-hydrogen) atoms. The Morgan fingerprint density at radius 3 is 2.58 bits per heavy atom. The molecule has 0 aliphatic carbocycles. The molecule has 1 aromatic carbocycles. The Balaban J connectivity index is 1.76. The van der Waals surface area contributed by atoms with Crippen molar-refractivity contribution >= 4 is 37.7 Å². The fraction of sp³-hybridized carbons (Fsp3) is 0.250. The van der Waals surface area contributed by atoms with Crippen LogP contribution < -0.4 is 9.62 Å². The van der Waals surface area contributed by atoms with E-state index >= 15 is 0 Å². The average molecular weight is 444 g/mol. The van der Waals surface area contributed by atoms with E-state index in [4.69, 9.17) is 4.74 Å². The Labute approximate surface area is 158 Å². The van der Waals surface area contributed by atoms with E-state index < -0.39 is 21.7 Å². The van der Waals surface area contributed by atoms with Gasteiger partial charge in [-0.25, -0.2) is 22.5 Å². The second-order valence-corrected chi connectivity index (χ2v) is 8.11. The second-order valence-electron chi connectivity index (χ2n) is 5.51. The van der Waals surface area contributed by atoms with E-state index in [0.29, 0.717) is 36.6 Å². The number of carbonyl (C=O) groups excluding carboxylic acids is 1. The summed E-state index contributed by atoms with van der Waals surface area (Å²) in [5.74, 6) is -1.25. The number of ether oxygens (including phenoxy) is 1. The lowest BCUT2D eigenvalue weighted by Gasteiger charge is -2.27. The number of hydrogen-bond acceptors (Lipinski definition) is 6.